The summed E-state index contributed by atoms with van der Waals surface area (Å²) in [5, 5.41) is 2.69. The molecule has 1 aliphatic rings. The zero-order chi connectivity index (χ0) is 34.6. The van der Waals surface area contributed by atoms with Crippen molar-refractivity contribution in [3.8, 4) is 28.6 Å². The van der Waals surface area contributed by atoms with E-state index in [1.54, 1.807) is 0 Å². The summed E-state index contributed by atoms with van der Waals surface area (Å²) in [6.45, 7) is 11.5. The molecule has 0 unspecified atom stereocenters. The number of hydrogen-bond donors (Lipinski definition) is 0. The maximum Gasteiger partial charge on any atom is 0.268 e. The Morgan fingerprint density at radius 2 is 1.50 bits per heavy atom. The molecule has 1 aliphatic heterocycles. The molecule has 9 heteroatoms. The first-order valence-electron chi connectivity index (χ1n) is 17.3. The van der Waals surface area contributed by atoms with Crippen molar-refractivity contribution in [2.24, 2.45) is 0 Å². The number of rotatable bonds is 4. The molecule has 0 atom stereocenters. The molecule has 0 saturated carbocycles. The average molecular weight is 874 g/mol. The molecule has 0 radical (unpaired) electrons. The third kappa shape index (κ3) is 4.70. The molecule has 7 nitrogen and oxygen atoms in total. The van der Waals surface area contributed by atoms with Gasteiger partial charge < -0.3 is 13.9 Å². The summed E-state index contributed by atoms with van der Waals surface area (Å²) < 4.78 is 15.2. The normalized spacial score (nSPS) is 13.5. The smallest absolute Gasteiger partial charge is 0.268 e. The molecule has 4 aromatic heterocycles. The second-order valence-corrected chi connectivity index (χ2v) is 19.2. The van der Waals surface area contributed by atoms with Gasteiger partial charge in [-0.25, -0.2) is 9.97 Å². The molecule has 258 valence electrons. The maximum absolute atomic E-state index is 6.63. The first-order valence-corrected chi connectivity index (χ1v) is 20.3. The Balaban J connectivity index is 0.00000360. The summed E-state index contributed by atoms with van der Waals surface area (Å²) in [5.74, 6) is 2.00. The average Bonchev–Trinajstić information content (AvgIpc) is 3.80. The van der Waals surface area contributed by atoms with Gasteiger partial charge in [-0.1, -0.05) is 93.6 Å². The van der Waals surface area contributed by atoms with Crippen LogP contribution in [0.3, 0.4) is 0 Å². The van der Waals surface area contributed by atoms with Gasteiger partial charge in [0.1, 0.15) is 5.52 Å². The molecule has 5 aromatic carbocycles. The van der Waals surface area contributed by atoms with Crippen molar-refractivity contribution in [3.05, 3.63) is 139 Å². The molecule has 0 saturated heterocycles. The van der Waals surface area contributed by atoms with E-state index in [1.807, 2.05) is 42.6 Å². The van der Waals surface area contributed by atoms with Crippen molar-refractivity contribution in [2.75, 3.05) is 0 Å². The summed E-state index contributed by atoms with van der Waals surface area (Å²) in [4.78, 5) is 10.1. The molecule has 0 aliphatic carbocycles. The van der Waals surface area contributed by atoms with Crippen LogP contribution in [0.25, 0.3) is 56.1 Å². The number of ether oxygens (including phenoxy) is 1. The number of nitrogens with zero attached hydrogens (tertiary/aromatic N) is 6. The first kappa shape index (κ1) is 32.6. The molecule has 0 amide bonds. The van der Waals surface area contributed by atoms with Crippen molar-refractivity contribution in [3.63, 3.8) is 0 Å². The van der Waals surface area contributed by atoms with E-state index >= 15 is 0 Å². The Kier molecular flexibility index (Phi) is 7.27. The van der Waals surface area contributed by atoms with Crippen molar-refractivity contribution >= 4 is 57.5 Å². The molecule has 0 bridgehead atoms. The van der Waals surface area contributed by atoms with E-state index in [0.29, 0.717) is 11.5 Å². The number of benzene rings is 5. The summed E-state index contributed by atoms with van der Waals surface area (Å²) in [6.07, 6.45) is 5.55. The Hall–Kier alpha value is -5.30. The molecule has 0 fully saturated rings. The van der Waals surface area contributed by atoms with Crippen LogP contribution in [0, 0.1) is 18.5 Å². The van der Waals surface area contributed by atoms with E-state index in [4.69, 9.17) is 14.7 Å². The van der Waals surface area contributed by atoms with Crippen LogP contribution in [-0.2, 0) is 26.5 Å². The zero-order valence-electron chi connectivity index (χ0n) is 29.4. The van der Waals surface area contributed by atoms with Gasteiger partial charge in [0, 0.05) is 52.5 Å². The first-order chi connectivity index (χ1) is 24.7. The van der Waals surface area contributed by atoms with E-state index in [1.165, 1.54) is 15.9 Å². The number of imidazole rings is 3. The molecule has 9 aromatic rings. The van der Waals surface area contributed by atoms with Gasteiger partial charge in [0.05, 0.1) is 16.7 Å². The number of para-hydroxylation sites is 3. The molecule has 0 N–H and O–H groups in total. The van der Waals surface area contributed by atoms with Crippen LogP contribution in [-0.4, -0.2) is 31.6 Å². The van der Waals surface area contributed by atoms with Gasteiger partial charge in [0.2, 0.25) is 5.78 Å². The predicted molar refractivity (Wildman–Crippen MR) is 204 cm³/mol. The summed E-state index contributed by atoms with van der Waals surface area (Å²) >= 11 is 0. The van der Waals surface area contributed by atoms with Crippen molar-refractivity contribution in [1.82, 2.24) is 23.5 Å². The van der Waals surface area contributed by atoms with Gasteiger partial charge in [0.15, 0.2) is 5.65 Å². The van der Waals surface area contributed by atoms with Gasteiger partial charge in [-0.3, -0.25) is 8.97 Å². The number of pyridine rings is 1. The monoisotopic (exact) mass is 873 g/mol. The quantitative estimate of drug-likeness (QED) is 0.104. The minimum absolute atomic E-state index is 0. The van der Waals surface area contributed by atoms with E-state index in [0.717, 1.165) is 56.1 Å². The topological polar surface area (TPSA) is 53.2 Å². The standard InChI is InChI=1S/C43H34N6OSi.Pt/c1-43(2,3)32-23-24-44-41-39(32)45-42-48(29-15-10-7-11-16-29)33-21-19-30(25-35(33)49(41)42)50-31-20-22-37-36(26-31)47-27-46(28-13-8-6-9-14-28)34-17-12-18-38(40(34)47)51(37,4)5;/h6-24H,1-5H3;/q-2;. The summed E-state index contributed by atoms with van der Waals surface area (Å²) in [7, 11) is -2.07. The van der Waals surface area contributed by atoms with Crippen LogP contribution in [0.4, 0.5) is 0 Å². The van der Waals surface area contributed by atoms with Crippen LogP contribution in [0.1, 0.15) is 26.3 Å². The Morgan fingerprint density at radius 1 is 0.769 bits per heavy atom. The SMILES string of the molecule is CC(C)(C)c1ccnc2c1nc1n(-c3ccccc3)c3ccc(Oc4[c-]c5c(cc4)[Si](C)(C)c4cccc6c4n-5[c-][n+]6-c4ccccc4)[c-]c3n21.[Pt]. The number of hydrogen-bond acceptors (Lipinski definition) is 3. The minimum atomic E-state index is -2.07. The van der Waals surface area contributed by atoms with Crippen LogP contribution in [0.5, 0.6) is 11.5 Å². The largest absolute Gasteiger partial charge is 0.510 e. The molecule has 0 spiro atoms. The van der Waals surface area contributed by atoms with Gasteiger partial charge in [-0.2, -0.15) is 6.07 Å². The van der Waals surface area contributed by atoms with E-state index in [9.17, 15) is 0 Å². The maximum atomic E-state index is 6.63. The Labute approximate surface area is 317 Å². The molecule has 52 heavy (non-hydrogen) atoms. The van der Waals surface area contributed by atoms with Crippen LogP contribution >= 0.6 is 0 Å². The Bertz CT molecular complexity index is 2850. The van der Waals surface area contributed by atoms with E-state index < -0.39 is 8.07 Å². The molecular formula is C43H34N6OPtSi-2. The fourth-order valence-electron chi connectivity index (χ4n) is 7.79. The minimum Gasteiger partial charge on any atom is -0.510 e. The number of aromatic nitrogens is 6. The molecule has 10 rings (SSSR count). The van der Waals surface area contributed by atoms with E-state index in [2.05, 4.69) is 143 Å². The fourth-order valence-corrected chi connectivity index (χ4v) is 10.7. The zero-order valence-corrected chi connectivity index (χ0v) is 32.6. The molecular weight excluding hydrogens is 840 g/mol. The van der Waals surface area contributed by atoms with Gasteiger partial charge in [-0.05, 0) is 58.0 Å². The Morgan fingerprint density at radius 3 is 2.27 bits per heavy atom. The summed E-state index contributed by atoms with van der Waals surface area (Å²) in [5.41, 5.74) is 9.95. The van der Waals surface area contributed by atoms with Crippen LogP contribution in [0.2, 0.25) is 13.1 Å². The van der Waals surface area contributed by atoms with Crippen LogP contribution < -0.4 is 19.7 Å². The fraction of sp³-hybridized carbons (Fsp3) is 0.140. The predicted octanol–water partition coefficient (Wildman–Crippen LogP) is 7.67. The van der Waals surface area contributed by atoms with E-state index in [-0.39, 0.29) is 26.5 Å². The molecule has 5 heterocycles. The third-order valence-corrected chi connectivity index (χ3v) is 13.8. The van der Waals surface area contributed by atoms with Crippen LogP contribution in [0.15, 0.2) is 115 Å². The van der Waals surface area contributed by atoms with Crippen molar-refractivity contribution in [2.45, 2.75) is 39.3 Å². The second-order valence-electron chi connectivity index (χ2n) is 14.8. The van der Waals surface area contributed by atoms with Crippen molar-refractivity contribution in [1.29, 1.82) is 0 Å². The third-order valence-electron chi connectivity index (χ3n) is 10.3. The van der Waals surface area contributed by atoms with Gasteiger partial charge in [-0.15, -0.1) is 35.5 Å². The van der Waals surface area contributed by atoms with Gasteiger partial charge in [0.25, 0.3) is 6.33 Å². The van der Waals surface area contributed by atoms with Crippen molar-refractivity contribution < 1.29 is 30.4 Å². The summed E-state index contributed by atoms with van der Waals surface area (Å²) in [6, 6.07) is 45.1. The second kappa shape index (κ2) is 11.6. The van der Waals surface area contributed by atoms with Gasteiger partial charge >= 0.3 is 0 Å². The number of fused-ring (bicyclic) bond motifs is 7.